The molecule has 0 aliphatic carbocycles. The maximum atomic E-state index is 13.6. The van der Waals surface area contributed by atoms with Gasteiger partial charge in [0.1, 0.15) is 25.2 Å². The number of anilines is 1. The van der Waals surface area contributed by atoms with E-state index in [-0.39, 0.29) is 38.9 Å². The molecule has 0 N–H and O–H groups in total. The molecule has 1 saturated heterocycles. The lowest BCUT2D eigenvalue weighted by Gasteiger charge is -2.35. The highest BCUT2D eigenvalue weighted by Crippen LogP contribution is 2.33. The number of hydrogen-bond donors (Lipinski definition) is 0. The Bertz CT molecular complexity index is 1250. The Balaban J connectivity index is 1.40. The molecule has 1 aliphatic rings. The molecule has 0 unspecified atom stereocenters. The topological polar surface area (TPSA) is 123 Å². The predicted octanol–water partition coefficient (Wildman–Crippen LogP) is 2.98. The van der Waals surface area contributed by atoms with Crippen LogP contribution in [0.3, 0.4) is 0 Å². The van der Waals surface area contributed by atoms with Gasteiger partial charge in [0.15, 0.2) is 11.3 Å². The second kappa shape index (κ2) is 14.4. The molecule has 0 saturated carbocycles. The number of amides is 1. The SMILES string of the molecule is C[Si](C)(C)CCOCn1ncc(OCCCOCC(=O)N2CCN(c3ccc(C#N)cn3)CC2)c(C(F)(F)F)c1=O. The number of alkyl halides is 3. The quantitative estimate of drug-likeness (QED) is 0.254. The number of carbonyl (C=O) groups excluding carboxylic acids is 1. The van der Waals surface area contributed by atoms with E-state index in [1.54, 1.807) is 17.0 Å². The van der Waals surface area contributed by atoms with E-state index in [0.717, 1.165) is 18.1 Å². The van der Waals surface area contributed by atoms with E-state index in [4.69, 9.17) is 19.5 Å². The predicted molar refractivity (Wildman–Crippen MR) is 146 cm³/mol. The fourth-order valence-electron chi connectivity index (χ4n) is 3.88. The summed E-state index contributed by atoms with van der Waals surface area (Å²) in [4.78, 5) is 32.9. The summed E-state index contributed by atoms with van der Waals surface area (Å²) in [5, 5.41) is 12.7. The van der Waals surface area contributed by atoms with Crippen molar-refractivity contribution in [3.8, 4) is 11.8 Å². The van der Waals surface area contributed by atoms with Crippen molar-refractivity contribution in [3.05, 3.63) is 46.0 Å². The molecule has 2 aromatic rings. The minimum Gasteiger partial charge on any atom is -0.491 e. The molecule has 41 heavy (non-hydrogen) atoms. The average molecular weight is 597 g/mol. The van der Waals surface area contributed by atoms with Gasteiger partial charge in [-0.2, -0.15) is 23.5 Å². The Kier molecular flexibility index (Phi) is 11.3. The van der Waals surface area contributed by atoms with E-state index in [0.29, 0.717) is 43.0 Å². The lowest BCUT2D eigenvalue weighted by molar-refractivity contribution is -0.141. The number of nitrogens with zero attached hydrogens (tertiary/aromatic N) is 6. The van der Waals surface area contributed by atoms with Crippen LogP contribution in [-0.2, 0) is 27.2 Å². The second-order valence-corrected chi connectivity index (χ2v) is 16.3. The van der Waals surface area contributed by atoms with Crippen LogP contribution in [0.1, 0.15) is 17.5 Å². The van der Waals surface area contributed by atoms with Crippen LogP contribution in [-0.4, -0.2) is 86.3 Å². The molecule has 3 rings (SSSR count). The Labute approximate surface area is 237 Å². The molecule has 1 amide bonds. The molecule has 0 atom stereocenters. The van der Waals surface area contributed by atoms with Crippen molar-refractivity contribution in [2.45, 2.75) is 45.0 Å². The Morgan fingerprint density at radius 3 is 2.41 bits per heavy atom. The zero-order valence-electron chi connectivity index (χ0n) is 23.4. The first-order valence-electron chi connectivity index (χ1n) is 13.2. The normalized spacial score (nSPS) is 14.2. The smallest absolute Gasteiger partial charge is 0.425 e. The van der Waals surface area contributed by atoms with E-state index in [9.17, 15) is 22.8 Å². The van der Waals surface area contributed by atoms with Gasteiger partial charge >= 0.3 is 6.18 Å². The van der Waals surface area contributed by atoms with Crippen molar-refractivity contribution in [1.82, 2.24) is 19.7 Å². The third-order valence-electron chi connectivity index (χ3n) is 6.25. The van der Waals surface area contributed by atoms with Gasteiger partial charge in [-0.1, -0.05) is 19.6 Å². The number of pyridine rings is 1. The molecule has 2 aromatic heterocycles. The summed E-state index contributed by atoms with van der Waals surface area (Å²) in [6.07, 6.45) is -2.36. The van der Waals surface area contributed by atoms with Gasteiger partial charge in [-0.15, -0.1) is 0 Å². The maximum Gasteiger partial charge on any atom is 0.425 e. The van der Waals surface area contributed by atoms with Crippen LogP contribution in [0.5, 0.6) is 5.75 Å². The summed E-state index contributed by atoms with van der Waals surface area (Å²) in [6.45, 7) is 8.24. The zero-order chi connectivity index (χ0) is 30.0. The van der Waals surface area contributed by atoms with Gasteiger partial charge in [0.05, 0.1) is 25.0 Å². The van der Waals surface area contributed by atoms with E-state index >= 15 is 0 Å². The van der Waals surface area contributed by atoms with Crippen LogP contribution in [0.25, 0.3) is 0 Å². The molecule has 0 aromatic carbocycles. The van der Waals surface area contributed by atoms with E-state index in [2.05, 4.69) is 29.7 Å². The van der Waals surface area contributed by atoms with Crippen LogP contribution >= 0.6 is 0 Å². The van der Waals surface area contributed by atoms with Crippen LogP contribution in [0.4, 0.5) is 19.0 Å². The molecule has 0 radical (unpaired) electrons. The number of halogens is 3. The van der Waals surface area contributed by atoms with Gasteiger partial charge in [-0.3, -0.25) is 9.59 Å². The highest BCUT2D eigenvalue weighted by Gasteiger charge is 2.39. The Morgan fingerprint density at radius 1 is 1.07 bits per heavy atom. The molecular formula is C26H35F3N6O5Si. The van der Waals surface area contributed by atoms with Gasteiger partial charge < -0.3 is 24.0 Å². The van der Waals surface area contributed by atoms with Crippen molar-refractivity contribution in [2.24, 2.45) is 0 Å². The van der Waals surface area contributed by atoms with Gasteiger partial charge in [0, 0.05) is 53.5 Å². The minimum absolute atomic E-state index is 0.0810. The third-order valence-corrected chi connectivity index (χ3v) is 7.96. The standard InChI is InChI=1S/C26H35F3N6O5Si/c1-41(2,3)14-13-39-19-35-25(37)24(26(27,28)29)21(17-32-35)40-12-4-11-38-18-23(36)34-9-7-33(8-10-34)22-6-5-20(15-30)16-31-22/h5-6,16-17H,4,7-14,18-19H2,1-3H3. The van der Waals surface area contributed by atoms with Crippen molar-refractivity contribution in [2.75, 3.05) is 57.5 Å². The number of piperazine rings is 1. The van der Waals surface area contributed by atoms with E-state index in [1.165, 1.54) is 6.20 Å². The van der Waals surface area contributed by atoms with Gasteiger partial charge in [-0.05, 0) is 18.2 Å². The number of aromatic nitrogens is 3. The van der Waals surface area contributed by atoms with Crippen LogP contribution in [0.15, 0.2) is 29.3 Å². The highest BCUT2D eigenvalue weighted by atomic mass is 28.3. The first-order valence-corrected chi connectivity index (χ1v) is 16.9. The largest absolute Gasteiger partial charge is 0.491 e. The van der Waals surface area contributed by atoms with Gasteiger partial charge in [-0.25, -0.2) is 9.67 Å². The molecule has 1 fully saturated rings. The summed E-state index contributed by atoms with van der Waals surface area (Å²) in [7, 11) is -1.39. The van der Waals surface area contributed by atoms with Crippen LogP contribution in [0, 0.1) is 11.3 Å². The fourth-order valence-corrected chi connectivity index (χ4v) is 4.64. The number of rotatable bonds is 13. The van der Waals surface area contributed by atoms with Crippen LogP contribution in [0.2, 0.25) is 25.7 Å². The average Bonchev–Trinajstić information content (AvgIpc) is 2.92. The molecule has 3 heterocycles. The zero-order valence-corrected chi connectivity index (χ0v) is 24.4. The fraction of sp³-hybridized carbons (Fsp3) is 0.577. The summed E-state index contributed by atoms with van der Waals surface area (Å²) >= 11 is 0. The molecule has 15 heteroatoms. The summed E-state index contributed by atoms with van der Waals surface area (Å²) in [5.41, 5.74) is -2.30. The Hall–Kier alpha value is -3.48. The lowest BCUT2D eigenvalue weighted by atomic mass is 10.2. The first kappa shape index (κ1) is 32.0. The first-order chi connectivity index (χ1) is 19.4. The molecular weight excluding hydrogens is 561 g/mol. The lowest BCUT2D eigenvalue weighted by Crippen LogP contribution is -2.50. The summed E-state index contributed by atoms with van der Waals surface area (Å²) < 4.78 is 57.5. The number of nitriles is 1. The van der Waals surface area contributed by atoms with Crippen molar-refractivity contribution < 1.29 is 32.2 Å². The number of carbonyl (C=O) groups is 1. The van der Waals surface area contributed by atoms with Gasteiger partial charge in [0.2, 0.25) is 5.91 Å². The van der Waals surface area contributed by atoms with E-state index < -0.39 is 31.1 Å². The molecule has 0 spiro atoms. The summed E-state index contributed by atoms with van der Waals surface area (Å²) in [5.74, 6) is -0.122. The van der Waals surface area contributed by atoms with E-state index in [1.807, 2.05) is 11.0 Å². The molecule has 224 valence electrons. The summed E-state index contributed by atoms with van der Waals surface area (Å²) in [6, 6.07) is 6.29. The maximum absolute atomic E-state index is 13.6. The number of ether oxygens (including phenoxy) is 3. The molecule has 1 aliphatic heterocycles. The highest BCUT2D eigenvalue weighted by molar-refractivity contribution is 6.76. The van der Waals surface area contributed by atoms with Gasteiger partial charge in [0.25, 0.3) is 5.56 Å². The van der Waals surface area contributed by atoms with Crippen molar-refractivity contribution in [1.29, 1.82) is 5.26 Å². The van der Waals surface area contributed by atoms with Crippen molar-refractivity contribution >= 4 is 19.8 Å². The number of hydrogen-bond acceptors (Lipinski definition) is 9. The molecule has 0 bridgehead atoms. The molecule has 11 nitrogen and oxygen atoms in total. The van der Waals surface area contributed by atoms with Crippen LogP contribution < -0.4 is 15.2 Å². The van der Waals surface area contributed by atoms with Crippen molar-refractivity contribution in [3.63, 3.8) is 0 Å². The monoisotopic (exact) mass is 596 g/mol. The Morgan fingerprint density at radius 2 is 1.80 bits per heavy atom. The second-order valence-electron chi connectivity index (χ2n) is 10.7. The third kappa shape index (κ3) is 9.83. The minimum atomic E-state index is -4.93.